The second-order valence-corrected chi connectivity index (χ2v) is 8.12. The number of hydrogen-bond donors (Lipinski definition) is 2. The highest BCUT2D eigenvalue weighted by Gasteiger charge is 2.09. The van der Waals surface area contributed by atoms with Crippen molar-refractivity contribution in [1.29, 1.82) is 0 Å². The van der Waals surface area contributed by atoms with E-state index in [1.807, 2.05) is 24.3 Å². The highest BCUT2D eigenvalue weighted by Crippen LogP contribution is 2.17. The highest BCUT2D eigenvalue weighted by molar-refractivity contribution is 7.10. The first-order valence-corrected chi connectivity index (χ1v) is 11.1. The number of aryl methyl sites for hydroxylation is 1. The number of guanidine groups is 1. The van der Waals surface area contributed by atoms with Crippen LogP contribution in [0, 0.1) is 0 Å². The third-order valence-electron chi connectivity index (χ3n) is 4.56. The van der Waals surface area contributed by atoms with Crippen molar-refractivity contribution in [3.8, 4) is 0 Å². The van der Waals surface area contributed by atoms with Crippen molar-refractivity contribution in [2.24, 2.45) is 4.99 Å². The third kappa shape index (κ3) is 6.58. The van der Waals surface area contributed by atoms with Crippen molar-refractivity contribution in [1.82, 2.24) is 25.4 Å². The molecular formula is C21H27ClN6S. The Morgan fingerprint density at radius 3 is 2.83 bits per heavy atom. The van der Waals surface area contributed by atoms with E-state index in [0.29, 0.717) is 6.54 Å². The van der Waals surface area contributed by atoms with Gasteiger partial charge in [0.1, 0.15) is 12.2 Å². The molecular weight excluding hydrogens is 404 g/mol. The topological polar surface area (TPSA) is 67.1 Å². The molecule has 0 aliphatic rings. The second-order valence-electron chi connectivity index (χ2n) is 6.71. The maximum absolute atomic E-state index is 5.97. The van der Waals surface area contributed by atoms with Crippen molar-refractivity contribution in [3.63, 3.8) is 0 Å². The zero-order chi connectivity index (χ0) is 20.5. The average Bonchev–Trinajstić information content (AvgIpc) is 3.41. The Labute approximate surface area is 181 Å². The molecule has 0 radical (unpaired) electrons. The maximum Gasteiger partial charge on any atom is 0.191 e. The molecule has 0 saturated carbocycles. The van der Waals surface area contributed by atoms with Crippen LogP contribution in [-0.2, 0) is 19.4 Å². The van der Waals surface area contributed by atoms with Gasteiger partial charge in [0.25, 0.3) is 0 Å². The minimum absolute atomic E-state index is 0.192. The molecule has 0 aliphatic carbocycles. The average molecular weight is 431 g/mol. The van der Waals surface area contributed by atoms with E-state index in [1.54, 1.807) is 17.7 Å². The number of aromatic nitrogens is 3. The summed E-state index contributed by atoms with van der Waals surface area (Å²) in [6.45, 7) is 6.47. The first-order chi connectivity index (χ1) is 14.2. The molecule has 1 unspecified atom stereocenters. The first-order valence-electron chi connectivity index (χ1n) is 9.85. The zero-order valence-corrected chi connectivity index (χ0v) is 18.4. The van der Waals surface area contributed by atoms with Gasteiger partial charge in [0.15, 0.2) is 5.96 Å². The number of thiophene rings is 1. The molecule has 0 amide bonds. The summed E-state index contributed by atoms with van der Waals surface area (Å²) < 4.78 is 2.07. The number of halogens is 1. The van der Waals surface area contributed by atoms with Crippen molar-refractivity contribution in [2.75, 3.05) is 13.1 Å². The Morgan fingerprint density at radius 1 is 1.28 bits per heavy atom. The van der Waals surface area contributed by atoms with E-state index in [1.165, 1.54) is 10.4 Å². The van der Waals surface area contributed by atoms with Crippen LogP contribution in [0.1, 0.15) is 36.2 Å². The SMILES string of the molecule is CCc1nncn1CCNC(=NCCc1ccc(Cl)cc1)NC(C)c1cccs1. The number of benzene rings is 1. The van der Waals surface area contributed by atoms with Crippen molar-refractivity contribution < 1.29 is 0 Å². The minimum Gasteiger partial charge on any atom is -0.355 e. The van der Waals surface area contributed by atoms with Gasteiger partial charge in [-0.15, -0.1) is 21.5 Å². The van der Waals surface area contributed by atoms with Gasteiger partial charge in [0.2, 0.25) is 0 Å². The molecule has 6 nitrogen and oxygen atoms in total. The lowest BCUT2D eigenvalue weighted by molar-refractivity contribution is 0.621. The fourth-order valence-corrected chi connectivity index (χ4v) is 3.81. The minimum atomic E-state index is 0.192. The number of nitrogens with zero attached hydrogens (tertiary/aromatic N) is 4. The molecule has 1 aromatic carbocycles. The van der Waals surface area contributed by atoms with Crippen molar-refractivity contribution >= 4 is 28.9 Å². The van der Waals surface area contributed by atoms with Gasteiger partial charge in [-0.25, -0.2) is 0 Å². The summed E-state index contributed by atoms with van der Waals surface area (Å²) in [5.74, 6) is 1.80. The van der Waals surface area contributed by atoms with Crippen LogP contribution in [0.15, 0.2) is 53.1 Å². The van der Waals surface area contributed by atoms with Gasteiger partial charge in [0, 0.05) is 36.0 Å². The van der Waals surface area contributed by atoms with Gasteiger partial charge in [-0.2, -0.15) is 0 Å². The van der Waals surface area contributed by atoms with Crippen LogP contribution in [-0.4, -0.2) is 33.8 Å². The number of rotatable bonds is 9. The molecule has 3 aromatic rings. The standard InChI is InChI=1S/C21H27ClN6S/c1-3-20-27-25-15-28(20)13-12-24-21(26-16(2)19-5-4-14-29-19)23-11-10-17-6-8-18(22)9-7-17/h4-9,14-16H,3,10-13H2,1-2H3,(H2,23,24,26). The van der Waals surface area contributed by atoms with Gasteiger partial charge in [-0.3, -0.25) is 4.99 Å². The highest BCUT2D eigenvalue weighted by atomic mass is 35.5. The summed E-state index contributed by atoms with van der Waals surface area (Å²) in [6.07, 6.45) is 3.51. The van der Waals surface area contributed by atoms with Crippen LogP contribution in [0.4, 0.5) is 0 Å². The lowest BCUT2D eigenvalue weighted by atomic mass is 10.1. The van der Waals surface area contributed by atoms with E-state index >= 15 is 0 Å². The molecule has 2 heterocycles. The Bertz CT molecular complexity index is 888. The summed E-state index contributed by atoms with van der Waals surface area (Å²) in [4.78, 5) is 6.06. The number of aliphatic imine (C=N–C) groups is 1. The number of hydrogen-bond acceptors (Lipinski definition) is 4. The van der Waals surface area contributed by atoms with E-state index in [0.717, 1.165) is 42.7 Å². The van der Waals surface area contributed by atoms with Gasteiger partial charge >= 0.3 is 0 Å². The quantitative estimate of drug-likeness (QED) is 0.396. The van der Waals surface area contributed by atoms with Crippen LogP contribution in [0.5, 0.6) is 0 Å². The molecule has 154 valence electrons. The molecule has 1 atom stereocenters. The molecule has 0 spiro atoms. The van der Waals surface area contributed by atoms with Gasteiger partial charge in [0.05, 0.1) is 6.04 Å². The van der Waals surface area contributed by atoms with E-state index in [2.05, 4.69) is 56.8 Å². The molecule has 8 heteroatoms. The van der Waals surface area contributed by atoms with E-state index < -0.39 is 0 Å². The summed E-state index contributed by atoms with van der Waals surface area (Å²) in [5.41, 5.74) is 1.22. The van der Waals surface area contributed by atoms with Gasteiger partial charge in [-0.05, 0) is 42.5 Å². The number of nitrogens with one attached hydrogen (secondary N) is 2. The van der Waals surface area contributed by atoms with Crippen molar-refractivity contribution in [2.45, 2.75) is 39.3 Å². The third-order valence-corrected chi connectivity index (χ3v) is 5.87. The molecule has 0 saturated heterocycles. The van der Waals surface area contributed by atoms with E-state index in [-0.39, 0.29) is 6.04 Å². The fourth-order valence-electron chi connectivity index (χ4n) is 2.95. The molecule has 0 fully saturated rings. The summed E-state index contributed by atoms with van der Waals surface area (Å²) in [5, 5.41) is 17.9. The molecule has 3 rings (SSSR count). The normalized spacial score (nSPS) is 12.7. The molecule has 0 bridgehead atoms. The summed E-state index contributed by atoms with van der Waals surface area (Å²) >= 11 is 7.71. The Morgan fingerprint density at radius 2 is 2.10 bits per heavy atom. The predicted molar refractivity (Wildman–Crippen MR) is 121 cm³/mol. The Balaban J connectivity index is 1.59. The van der Waals surface area contributed by atoms with Crippen LogP contribution >= 0.6 is 22.9 Å². The van der Waals surface area contributed by atoms with E-state index in [4.69, 9.17) is 16.6 Å². The summed E-state index contributed by atoms with van der Waals surface area (Å²) in [7, 11) is 0. The van der Waals surface area contributed by atoms with Crippen LogP contribution < -0.4 is 10.6 Å². The van der Waals surface area contributed by atoms with E-state index in [9.17, 15) is 0 Å². The first kappa shape index (κ1) is 21.3. The van der Waals surface area contributed by atoms with Crippen LogP contribution in [0.3, 0.4) is 0 Å². The Kier molecular flexibility index (Phi) is 8.07. The maximum atomic E-state index is 5.97. The predicted octanol–water partition coefficient (Wildman–Crippen LogP) is 4.09. The largest absolute Gasteiger partial charge is 0.355 e. The molecule has 2 N–H and O–H groups in total. The second kappa shape index (κ2) is 11.0. The molecule has 29 heavy (non-hydrogen) atoms. The lowest BCUT2D eigenvalue weighted by Gasteiger charge is -2.18. The van der Waals surface area contributed by atoms with Gasteiger partial charge in [-0.1, -0.05) is 36.7 Å². The smallest absolute Gasteiger partial charge is 0.191 e. The Hall–Kier alpha value is -2.38. The zero-order valence-electron chi connectivity index (χ0n) is 16.8. The molecule has 2 aromatic heterocycles. The molecule has 0 aliphatic heterocycles. The summed E-state index contributed by atoms with van der Waals surface area (Å²) in [6, 6.07) is 12.3. The van der Waals surface area contributed by atoms with Crippen LogP contribution in [0.25, 0.3) is 0 Å². The monoisotopic (exact) mass is 430 g/mol. The van der Waals surface area contributed by atoms with Gasteiger partial charge < -0.3 is 15.2 Å². The van der Waals surface area contributed by atoms with Crippen LogP contribution in [0.2, 0.25) is 5.02 Å². The lowest BCUT2D eigenvalue weighted by Crippen LogP contribution is -2.40. The van der Waals surface area contributed by atoms with Crippen molar-refractivity contribution in [3.05, 3.63) is 69.4 Å². The fraction of sp³-hybridized carbons (Fsp3) is 0.381.